The fourth-order valence-electron chi connectivity index (χ4n) is 3.00. The summed E-state index contributed by atoms with van der Waals surface area (Å²) in [6, 6.07) is 6.08. The van der Waals surface area contributed by atoms with Gasteiger partial charge in [-0.1, -0.05) is 12.1 Å². The van der Waals surface area contributed by atoms with Gasteiger partial charge in [-0.05, 0) is 58.2 Å². The van der Waals surface area contributed by atoms with Crippen molar-refractivity contribution in [3.63, 3.8) is 0 Å². The molecule has 1 aliphatic rings. The van der Waals surface area contributed by atoms with E-state index in [1.165, 1.54) is 12.0 Å². The van der Waals surface area contributed by atoms with Gasteiger partial charge < -0.3 is 14.8 Å². The Morgan fingerprint density at radius 3 is 2.37 bits per heavy atom. The van der Waals surface area contributed by atoms with E-state index in [9.17, 15) is 14.4 Å². The van der Waals surface area contributed by atoms with Crippen molar-refractivity contribution in [1.82, 2.24) is 10.2 Å². The number of nitrogens with zero attached hydrogens (tertiary/aromatic N) is 1. The molecule has 1 fully saturated rings. The van der Waals surface area contributed by atoms with E-state index in [-0.39, 0.29) is 11.9 Å². The molecule has 7 heteroatoms. The van der Waals surface area contributed by atoms with E-state index >= 15 is 0 Å². The molecule has 1 aromatic rings. The van der Waals surface area contributed by atoms with Crippen LogP contribution in [-0.2, 0) is 14.3 Å². The maximum Gasteiger partial charge on any atom is 0.410 e. The molecule has 1 saturated heterocycles. The predicted octanol–water partition coefficient (Wildman–Crippen LogP) is 3.05. The van der Waals surface area contributed by atoms with Crippen LogP contribution in [0.1, 0.15) is 62.5 Å². The van der Waals surface area contributed by atoms with Crippen molar-refractivity contribution in [2.24, 2.45) is 0 Å². The third kappa shape index (κ3) is 5.45. The first-order valence-corrected chi connectivity index (χ1v) is 9.10. The molecule has 0 saturated carbocycles. The zero-order valence-electron chi connectivity index (χ0n) is 16.6. The Balaban J connectivity index is 2.00. The average molecular weight is 376 g/mol. The molecule has 0 radical (unpaired) electrons. The van der Waals surface area contributed by atoms with Crippen molar-refractivity contribution >= 4 is 18.0 Å². The fraction of sp³-hybridized carbons (Fsp3) is 0.550. The molecule has 2 amide bonds. The first-order chi connectivity index (χ1) is 12.6. The Morgan fingerprint density at radius 2 is 1.81 bits per heavy atom. The number of ether oxygens (including phenoxy) is 2. The van der Waals surface area contributed by atoms with E-state index in [4.69, 9.17) is 4.74 Å². The molecular weight excluding hydrogens is 348 g/mol. The molecule has 0 spiro atoms. The fourth-order valence-corrected chi connectivity index (χ4v) is 3.00. The van der Waals surface area contributed by atoms with Gasteiger partial charge in [-0.3, -0.25) is 9.69 Å². The Hall–Kier alpha value is -2.57. The molecule has 0 bridgehead atoms. The topological polar surface area (TPSA) is 84.9 Å². The maximum absolute atomic E-state index is 12.7. The van der Waals surface area contributed by atoms with Crippen molar-refractivity contribution in [3.05, 3.63) is 35.4 Å². The summed E-state index contributed by atoms with van der Waals surface area (Å²) < 4.78 is 10.1. The summed E-state index contributed by atoms with van der Waals surface area (Å²) in [5, 5.41) is 2.94. The number of likely N-dealkylation sites (tertiary alicyclic amines) is 1. The number of hydrogen-bond acceptors (Lipinski definition) is 5. The van der Waals surface area contributed by atoms with Gasteiger partial charge in [0.25, 0.3) is 0 Å². The number of rotatable bonds is 4. The Morgan fingerprint density at radius 1 is 1.19 bits per heavy atom. The number of benzene rings is 1. The third-order valence-corrected chi connectivity index (χ3v) is 4.37. The number of carbonyl (C=O) groups is 3. The summed E-state index contributed by atoms with van der Waals surface area (Å²) >= 11 is 0. The van der Waals surface area contributed by atoms with Gasteiger partial charge in [-0.2, -0.15) is 0 Å². The van der Waals surface area contributed by atoms with Gasteiger partial charge in [0.1, 0.15) is 11.6 Å². The van der Waals surface area contributed by atoms with E-state index in [0.717, 1.165) is 12.0 Å². The summed E-state index contributed by atoms with van der Waals surface area (Å²) in [6.45, 7) is 7.77. The second kappa shape index (κ2) is 8.41. The molecule has 1 aliphatic heterocycles. The second-order valence-electron chi connectivity index (χ2n) is 7.68. The zero-order chi connectivity index (χ0) is 20.2. The Kier molecular flexibility index (Phi) is 6.46. The quantitative estimate of drug-likeness (QED) is 0.817. The van der Waals surface area contributed by atoms with Crippen molar-refractivity contribution < 1.29 is 23.9 Å². The largest absolute Gasteiger partial charge is 0.465 e. The first kappa shape index (κ1) is 20.7. The lowest BCUT2D eigenvalue weighted by Crippen LogP contribution is -2.48. The average Bonchev–Trinajstić information content (AvgIpc) is 3.09. The summed E-state index contributed by atoms with van der Waals surface area (Å²) in [7, 11) is 1.33. The van der Waals surface area contributed by atoms with E-state index < -0.39 is 23.7 Å². The number of methoxy groups -OCH3 is 1. The summed E-state index contributed by atoms with van der Waals surface area (Å²) in [5.41, 5.74) is 0.708. The van der Waals surface area contributed by atoms with Crippen LogP contribution in [0.15, 0.2) is 24.3 Å². The summed E-state index contributed by atoms with van der Waals surface area (Å²) in [5.74, 6) is -0.611. The van der Waals surface area contributed by atoms with Crippen LogP contribution >= 0.6 is 0 Å². The minimum absolute atomic E-state index is 0.206. The standard InChI is InChI=1S/C20H28N2O5/c1-13(14-8-10-15(11-9-14)18(24)26-5)21-17(23)16-7-6-12-22(16)19(25)27-20(2,3)4/h8-11,13,16H,6-7,12H2,1-5H3,(H,21,23)/t13-,16+/m0/s1. The van der Waals surface area contributed by atoms with Gasteiger partial charge in [0.05, 0.1) is 18.7 Å². The number of esters is 1. The molecule has 0 unspecified atom stereocenters. The van der Waals surface area contributed by atoms with E-state index in [1.807, 2.05) is 6.92 Å². The van der Waals surface area contributed by atoms with Crippen molar-refractivity contribution in [2.45, 2.75) is 58.2 Å². The Bertz CT molecular complexity index is 693. The van der Waals surface area contributed by atoms with Crippen LogP contribution in [0.2, 0.25) is 0 Å². The molecule has 0 aliphatic carbocycles. The summed E-state index contributed by atoms with van der Waals surface area (Å²) in [6.07, 6.45) is 0.911. The third-order valence-electron chi connectivity index (χ3n) is 4.37. The molecular formula is C20H28N2O5. The number of amides is 2. The van der Waals surface area contributed by atoms with Gasteiger partial charge in [-0.25, -0.2) is 9.59 Å². The predicted molar refractivity (Wildman–Crippen MR) is 100 cm³/mol. The molecule has 0 aromatic heterocycles. The van der Waals surface area contributed by atoms with Crippen LogP contribution in [-0.4, -0.2) is 48.2 Å². The van der Waals surface area contributed by atoms with E-state index in [0.29, 0.717) is 18.5 Å². The van der Waals surface area contributed by atoms with Crippen LogP contribution in [0.3, 0.4) is 0 Å². The van der Waals surface area contributed by atoms with Crippen molar-refractivity contribution in [1.29, 1.82) is 0 Å². The number of hydrogen-bond donors (Lipinski definition) is 1. The number of carbonyl (C=O) groups excluding carboxylic acids is 3. The van der Waals surface area contributed by atoms with E-state index in [1.54, 1.807) is 45.0 Å². The normalized spacial score (nSPS) is 18.0. The second-order valence-corrected chi connectivity index (χ2v) is 7.68. The van der Waals surface area contributed by atoms with Gasteiger partial charge in [-0.15, -0.1) is 0 Å². The molecule has 27 heavy (non-hydrogen) atoms. The SMILES string of the molecule is COC(=O)c1ccc([C@H](C)NC(=O)[C@H]2CCCN2C(=O)OC(C)(C)C)cc1. The van der Waals surface area contributed by atoms with Crippen molar-refractivity contribution in [2.75, 3.05) is 13.7 Å². The lowest BCUT2D eigenvalue weighted by molar-refractivity contribution is -0.126. The minimum Gasteiger partial charge on any atom is -0.465 e. The molecule has 148 valence electrons. The zero-order valence-corrected chi connectivity index (χ0v) is 16.6. The highest BCUT2D eigenvalue weighted by molar-refractivity contribution is 5.89. The molecule has 2 atom stereocenters. The monoisotopic (exact) mass is 376 g/mol. The summed E-state index contributed by atoms with van der Waals surface area (Å²) in [4.78, 5) is 38.0. The molecule has 2 rings (SSSR count). The molecule has 7 nitrogen and oxygen atoms in total. The molecule has 1 N–H and O–H groups in total. The lowest BCUT2D eigenvalue weighted by atomic mass is 10.1. The lowest BCUT2D eigenvalue weighted by Gasteiger charge is -2.28. The molecule has 1 heterocycles. The highest BCUT2D eigenvalue weighted by atomic mass is 16.6. The van der Waals surface area contributed by atoms with Gasteiger partial charge in [0.15, 0.2) is 0 Å². The first-order valence-electron chi connectivity index (χ1n) is 9.10. The minimum atomic E-state index is -0.602. The van der Waals surface area contributed by atoms with Crippen LogP contribution in [0.5, 0.6) is 0 Å². The van der Waals surface area contributed by atoms with Gasteiger partial charge >= 0.3 is 12.1 Å². The van der Waals surface area contributed by atoms with Crippen LogP contribution in [0.4, 0.5) is 4.79 Å². The highest BCUT2D eigenvalue weighted by Crippen LogP contribution is 2.22. The number of nitrogens with one attached hydrogen (secondary N) is 1. The van der Waals surface area contributed by atoms with Crippen LogP contribution in [0.25, 0.3) is 0 Å². The van der Waals surface area contributed by atoms with Gasteiger partial charge in [0.2, 0.25) is 5.91 Å². The van der Waals surface area contributed by atoms with E-state index in [2.05, 4.69) is 10.1 Å². The van der Waals surface area contributed by atoms with Crippen LogP contribution in [0, 0.1) is 0 Å². The van der Waals surface area contributed by atoms with Crippen molar-refractivity contribution in [3.8, 4) is 0 Å². The Labute approximate surface area is 160 Å². The smallest absolute Gasteiger partial charge is 0.410 e. The molecule has 1 aromatic carbocycles. The van der Waals surface area contributed by atoms with Gasteiger partial charge in [0, 0.05) is 6.54 Å². The highest BCUT2D eigenvalue weighted by Gasteiger charge is 2.37. The van der Waals surface area contributed by atoms with Crippen LogP contribution < -0.4 is 5.32 Å². The maximum atomic E-state index is 12.7.